The van der Waals surface area contributed by atoms with Gasteiger partial charge in [0.2, 0.25) is 12.7 Å². The lowest BCUT2D eigenvalue weighted by Gasteiger charge is -2.06. The molecule has 0 aromatic heterocycles. The first-order chi connectivity index (χ1) is 9.72. The third-order valence-corrected chi connectivity index (χ3v) is 3.10. The molecule has 2 heterocycles. The predicted molar refractivity (Wildman–Crippen MR) is 69.5 cm³/mol. The standard InChI is InChI=1S/C13H13N3O4/c17-12-4-2-9(15-12)13(18)16-14-6-8-1-3-10-11(5-8)20-7-19-10/h1,3,5-6,9H,2,4,7H2,(H,15,17)(H,16,18)/b14-6+. The normalized spacial score (nSPS) is 20.2. The zero-order chi connectivity index (χ0) is 13.9. The van der Waals surface area contributed by atoms with Gasteiger partial charge < -0.3 is 14.8 Å². The van der Waals surface area contributed by atoms with Crippen molar-refractivity contribution in [3.63, 3.8) is 0 Å². The largest absolute Gasteiger partial charge is 0.454 e. The summed E-state index contributed by atoms with van der Waals surface area (Å²) >= 11 is 0. The molecule has 20 heavy (non-hydrogen) atoms. The van der Waals surface area contributed by atoms with E-state index >= 15 is 0 Å². The number of fused-ring (bicyclic) bond motifs is 1. The fourth-order valence-corrected chi connectivity index (χ4v) is 2.05. The molecular formula is C13H13N3O4. The monoisotopic (exact) mass is 275 g/mol. The van der Waals surface area contributed by atoms with Crippen molar-refractivity contribution in [3.8, 4) is 11.5 Å². The Morgan fingerprint density at radius 2 is 2.25 bits per heavy atom. The summed E-state index contributed by atoms with van der Waals surface area (Å²) in [6.07, 6.45) is 2.39. The summed E-state index contributed by atoms with van der Waals surface area (Å²) in [6.45, 7) is 0.216. The Morgan fingerprint density at radius 1 is 1.40 bits per heavy atom. The van der Waals surface area contributed by atoms with E-state index in [2.05, 4.69) is 15.8 Å². The Morgan fingerprint density at radius 3 is 3.05 bits per heavy atom. The minimum atomic E-state index is -0.489. The maximum atomic E-state index is 11.7. The van der Waals surface area contributed by atoms with Gasteiger partial charge in [-0.05, 0) is 30.2 Å². The highest BCUT2D eigenvalue weighted by Crippen LogP contribution is 2.31. The van der Waals surface area contributed by atoms with Crippen LogP contribution < -0.4 is 20.2 Å². The second-order valence-electron chi connectivity index (χ2n) is 4.51. The van der Waals surface area contributed by atoms with Gasteiger partial charge >= 0.3 is 0 Å². The van der Waals surface area contributed by atoms with Gasteiger partial charge in [-0.25, -0.2) is 5.43 Å². The van der Waals surface area contributed by atoms with Gasteiger partial charge in [0.05, 0.1) is 6.21 Å². The third-order valence-electron chi connectivity index (χ3n) is 3.10. The molecule has 0 bridgehead atoms. The van der Waals surface area contributed by atoms with Crippen LogP contribution in [-0.2, 0) is 9.59 Å². The quantitative estimate of drug-likeness (QED) is 0.607. The Hall–Kier alpha value is -2.57. The van der Waals surface area contributed by atoms with Gasteiger partial charge in [0.25, 0.3) is 5.91 Å². The summed E-state index contributed by atoms with van der Waals surface area (Å²) in [5.41, 5.74) is 3.19. The van der Waals surface area contributed by atoms with Crippen molar-refractivity contribution in [2.75, 3.05) is 6.79 Å². The molecule has 2 aliphatic rings. The minimum absolute atomic E-state index is 0.107. The van der Waals surface area contributed by atoms with Crippen molar-refractivity contribution >= 4 is 18.0 Å². The number of benzene rings is 1. The number of amides is 2. The van der Waals surface area contributed by atoms with Crippen LogP contribution in [-0.4, -0.2) is 30.9 Å². The van der Waals surface area contributed by atoms with Crippen LogP contribution in [0.3, 0.4) is 0 Å². The van der Waals surface area contributed by atoms with Crippen molar-refractivity contribution in [3.05, 3.63) is 23.8 Å². The second-order valence-corrected chi connectivity index (χ2v) is 4.51. The van der Waals surface area contributed by atoms with Gasteiger partial charge in [0.15, 0.2) is 11.5 Å². The average Bonchev–Trinajstić information content (AvgIpc) is 3.06. The molecule has 7 heteroatoms. The molecule has 1 aromatic rings. The topological polar surface area (TPSA) is 89.0 Å². The van der Waals surface area contributed by atoms with Crippen LogP contribution >= 0.6 is 0 Å². The van der Waals surface area contributed by atoms with Crippen LogP contribution in [0.5, 0.6) is 11.5 Å². The number of rotatable bonds is 3. The number of ether oxygens (including phenoxy) is 2. The molecule has 1 atom stereocenters. The van der Waals surface area contributed by atoms with Crippen molar-refractivity contribution in [1.29, 1.82) is 0 Å². The van der Waals surface area contributed by atoms with Crippen LogP contribution in [0, 0.1) is 0 Å². The first-order valence-corrected chi connectivity index (χ1v) is 6.24. The summed E-state index contributed by atoms with van der Waals surface area (Å²) < 4.78 is 10.4. The molecule has 2 amide bonds. The van der Waals surface area contributed by atoms with E-state index in [0.717, 1.165) is 5.56 Å². The molecular weight excluding hydrogens is 262 g/mol. The molecule has 2 N–H and O–H groups in total. The Bertz CT molecular complexity index is 585. The molecule has 1 unspecified atom stereocenters. The van der Waals surface area contributed by atoms with E-state index < -0.39 is 6.04 Å². The lowest BCUT2D eigenvalue weighted by atomic mass is 10.2. The summed E-state index contributed by atoms with van der Waals surface area (Å²) in [7, 11) is 0. The molecule has 0 radical (unpaired) electrons. The number of carbonyl (C=O) groups is 2. The molecule has 0 aliphatic carbocycles. The van der Waals surface area contributed by atoms with Gasteiger partial charge in [-0.3, -0.25) is 9.59 Å². The Labute approximate surface area is 114 Å². The number of nitrogens with zero attached hydrogens (tertiary/aromatic N) is 1. The Balaban J connectivity index is 1.58. The highest BCUT2D eigenvalue weighted by Gasteiger charge is 2.26. The molecule has 3 rings (SSSR count). The van der Waals surface area contributed by atoms with E-state index in [1.165, 1.54) is 6.21 Å². The average molecular weight is 275 g/mol. The maximum absolute atomic E-state index is 11.7. The maximum Gasteiger partial charge on any atom is 0.262 e. The molecule has 2 aliphatic heterocycles. The van der Waals surface area contributed by atoms with Crippen molar-refractivity contribution in [2.45, 2.75) is 18.9 Å². The van der Waals surface area contributed by atoms with Gasteiger partial charge in [-0.2, -0.15) is 5.10 Å². The molecule has 0 saturated carbocycles. The number of hydrazone groups is 1. The number of hydrogen-bond donors (Lipinski definition) is 2. The first-order valence-electron chi connectivity index (χ1n) is 6.24. The third kappa shape index (κ3) is 2.56. The number of nitrogens with one attached hydrogen (secondary N) is 2. The van der Waals surface area contributed by atoms with Crippen LogP contribution in [0.1, 0.15) is 18.4 Å². The molecule has 7 nitrogen and oxygen atoms in total. The van der Waals surface area contributed by atoms with Crippen molar-refractivity contribution in [2.24, 2.45) is 5.10 Å². The van der Waals surface area contributed by atoms with E-state index in [1.54, 1.807) is 18.2 Å². The second kappa shape index (κ2) is 5.20. The number of hydrogen-bond acceptors (Lipinski definition) is 5. The minimum Gasteiger partial charge on any atom is -0.454 e. The van der Waals surface area contributed by atoms with Gasteiger partial charge in [0, 0.05) is 6.42 Å². The first kappa shape index (κ1) is 12.5. The molecule has 0 spiro atoms. The summed E-state index contributed by atoms with van der Waals surface area (Å²) in [5.74, 6) is 0.931. The zero-order valence-electron chi connectivity index (χ0n) is 10.6. The predicted octanol–water partition coefficient (Wildman–Crippen LogP) is 0.144. The van der Waals surface area contributed by atoms with E-state index in [4.69, 9.17) is 9.47 Å². The van der Waals surface area contributed by atoms with Crippen LogP contribution in [0.25, 0.3) is 0 Å². The van der Waals surface area contributed by atoms with E-state index in [9.17, 15) is 9.59 Å². The fourth-order valence-electron chi connectivity index (χ4n) is 2.05. The SMILES string of the molecule is O=C1CCC(C(=O)N/N=C/c2ccc3c(c2)OCO3)N1. The lowest BCUT2D eigenvalue weighted by Crippen LogP contribution is -2.39. The highest BCUT2D eigenvalue weighted by molar-refractivity contribution is 5.91. The number of carbonyl (C=O) groups excluding carboxylic acids is 2. The van der Waals surface area contributed by atoms with E-state index in [1.807, 2.05) is 0 Å². The molecule has 104 valence electrons. The van der Waals surface area contributed by atoms with Crippen molar-refractivity contribution < 1.29 is 19.1 Å². The lowest BCUT2D eigenvalue weighted by molar-refractivity contribution is -0.125. The van der Waals surface area contributed by atoms with Crippen molar-refractivity contribution in [1.82, 2.24) is 10.7 Å². The summed E-state index contributed by atoms with van der Waals surface area (Å²) in [6, 6.07) is 4.87. The van der Waals surface area contributed by atoms with Crippen LogP contribution in [0.4, 0.5) is 0 Å². The van der Waals surface area contributed by atoms with Crippen LogP contribution in [0.15, 0.2) is 23.3 Å². The smallest absolute Gasteiger partial charge is 0.262 e. The summed E-state index contributed by atoms with van der Waals surface area (Å²) in [5, 5.41) is 6.44. The Kier molecular flexibility index (Phi) is 3.24. The van der Waals surface area contributed by atoms with Gasteiger partial charge in [-0.15, -0.1) is 0 Å². The fraction of sp³-hybridized carbons (Fsp3) is 0.308. The van der Waals surface area contributed by atoms with Gasteiger partial charge in [0.1, 0.15) is 6.04 Å². The van der Waals surface area contributed by atoms with E-state index in [0.29, 0.717) is 24.3 Å². The molecule has 1 aromatic carbocycles. The van der Waals surface area contributed by atoms with E-state index in [-0.39, 0.29) is 18.6 Å². The summed E-state index contributed by atoms with van der Waals surface area (Å²) in [4.78, 5) is 22.7. The highest BCUT2D eigenvalue weighted by atomic mass is 16.7. The molecule has 1 fully saturated rings. The van der Waals surface area contributed by atoms with Crippen LogP contribution in [0.2, 0.25) is 0 Å². The molecule has 1 saturated heterocycles. The van der Waals surface area contributed by atoms with Gasteiger partial charge in [-0.1, -0.05) is 0 Å². The zero-order valence-corrected chi connectivity index (χ0v) is 10.6.